The molecule has 0 aliphatic heterocycles. The largest absolute Gasteiger partial charge is 0.390 e. The molecule has 0 saturated heterocycles. The zero-order valence-electron chi connectivity index (χ0n) is 10.3. The molecule has 0 aromatic carbocycles. The molecule has 0 amide bonds. The molecule has 0 radical (unpaired) electrons. The van der Waals surface area contributed by atoms with Gasteiger partial charge in [-0.1, -0.05) is 26.7 Å². The highest BCUT2D eigenvalue weighted by atomic mass is 16.3. The number of rotatable bonds is 2. The second kappa shape index (κ2) is 4.28. The van der Waals surface area contributed by atoms with E-state index in [4.69, 9.17) is 0 Å². The lowest BCUT2D eigenvalue weighted by Crippen LogP contribution is -2.42. The summed E-state index contributed by atoms with van der Waals surface area (Å²) in [7, 11) is 0. The fourth-order valence-corrected chi connectivity index (χ4v) is 3.63. The highest BCUT2D eigenvalue weighted by Crippen LogP contribution is 2.47. The van der Waals surface area contributed by atoms with Crippen LogP contribution in [0.5, 0.6) is 0 Å². The zero-order chi connectivity index (χ0) is 11.9. The Kier molecular flexibility index (Phi) is 3.30. The summed E-state index contributed by atoms with van der Waals surface area (Å²) in [5.74, 6) is 0.363. The Morgan fingerprint density at radius 1 is 1.06 bits per heavy atom. The van der Waals surface area contributed by atoms with Gasteiger partial charge in [0.2, 0.25) is 0 Å². The molecule has 94 valence electrons. The van der Waals surface area contributed by atoms with Crippen molar-refractivity contribution in [3.8, 4) is 0 Å². The summed E-state index contributed by atoms with van der Waals surface area (Å²) in [6.45, 7) is 4.14. The second-order valence-corrected chi connectivity index (χ2v) is 6.04. The summed E-state index contributed by atoms with van der Waals surface area (Å²) in [6, 6.07) is 0. The van der Waals surface area contributed by atoms with Crippen molar-refractivity contribution in [1.82, 2.24) is 0 Å². The maximum atomic E-state index is 10.5. The molecule has 2 aliphatic rings. The lowest BCUT2D eigenvalue weighted by Gasteiger charge is -2.32. The molecule has 3 nitrogen and oxygen atoms in total. The summed E-state index contributed by atoms with van der Waals surface area (Å²) in [5, 5.41) is 30.6. The van der Waals surface area contributed by atoms with Gasteiger partial charge in [0, 0.05) is 5.92 Å². The summed E-state index contributed by atoms with van der Waals surface area (Å²) >= 11 is 0. The third kappa shape index (κ3) is 1.89. The van der Waals surface area contributed by atoms with Gasteiger partial charge in [0.25, 0.3) is 0 Å². The third-order valence-electron chi connectivity index (χ3n) is 4.74. The van der Waals surface area contributed by atoms with E-state index in [0.29, 0.717) is 5.92 Å². The van der Waals surface area contributed by atoms with Crippen LogP contribution in [-0.4, -0.2) is 33.1 Å². The molecule has 2 rings (SSSR count). The van der Waals surface area contributed by atoms with Crippen LogP contribution < -0.4 is 0 Å². The van der Waals surface area contributed by atoms with Crippen LogP contribution in [0.15, 0.2) is 0 Å². The first-order chi connectivity index (χ1) is 7.46. The van der Waals surface area contributed by atoms with Gasteiger partial charge in [-0.15, -0.1) is 0 Å². The van der Waals surface area contributed by atoms with Crippen LogP contribution >= 0.6 is 0 Å². The van der Waals surface area contributed by atoms with Gasteiger partial charge in [-0.3, -0.25) is 0 Å². The SMILES string of the molecule is CC(C)[C@@H]1C[C@H](C2(O)CCCC2)[C@@H](O)[C@H]1O. The lowest BCUT2D eigenvalue weighted by atomic mass is 9.82. The molecule has 0 aromatic heterocycles. The molecule has 0 bridgehead atoms. The molecule has 0 aromatic rings. The fourth-order valence-electron chi connectivity index (χ4n) is 3.63. The molecule has 0 heterocycles. The van der Waals surface area contributed by atoms with E-state index in [0.717, 1.165) is 32.1 Å². The molecule has 0 spiro atoms. The normalized spacial score (nSPS) is 43.1. The van der Waals surface area contributed by atoms with Crippen LogP contribution in [-0.2, 0) is 0 Å². The highest BCUT2D eigenvalue weighted by molar-refractivity contribution is 5.03. The maximum absolute atomic E-state index is 10.5. The quantitative estimate of drug-likeness (QED) is 0.668. The maximum Gasteiger partial charge on any atom is 0.0857 e. The molecule has 3 N–H and O–H groups in total. The van der Waals surface area contributed by atoms with Gasteiger partial charge in [-0.05, 0) is 31.1 Å². The topological polar surface area (TPSA) is 60.7 Å². The third-order valence-corrected chi connectivity index (χ3v) is 4.74. The number of aliphatic hydroxyl groups is 3. The molecule has 2 saturated carbocycles. The van der Waals surface area contributed by atoms with E-state index >= 15 is 0 Å². The van der Waals surface area contributed by atoms with Crippen molar-refractivity contribution in [2.45, 2.75) is 63.8 Å². The van der Waals surface area contributed by atoms with E-state index in [1.165, 1.54) is 0 Å². The van der Waals surface area contributed by atoms with E-state index in [9.17, 15) is 15.3 Å². The van der Waals surface area contributed by atoms with Crippen molar-refractivity contribution in [3.05, 3.63) is 0 Å². The molecule has 2 aliphatic carbocycles. The monoisotopic (exact) mass is 228 g/mol. The predicted molar refractivity (Wildman–Crippen MR) is 61.9 cm³/mol. The average molecular weight is 228 g/mol. The van der Waals surface area contributed by atoms with Gasteiger partial charge in [0.05, 0.1) is 17.8 Å². The second-order valence-electron chi connectivity index (χ2n) is 6.04. The van der Waals surface area contributed by atoms with Crippen LogP contribution in [0.3, 0.4) is 0 Å². The molecule has 3 heteroatoms. The summed E-state index contributed by atoms with van der Waals surface area (Å²) < 4.78 is 0. The van der Waals surface area contributed by atoms with Gasteiger partial charge in [0.1, 0.15) is 0 Å². The Labute approximate surface area is 97.5 Å². The van der Waals surface area contributed by atoms with Crippen molar-refractivity contribution >= 4 is 0 Å². The van der Waals surface area contributed by atoms with E-state index in [2.05, 4.69) is 13.8 Å². The summed E-state index contributed by atoms with van der Waals surface area (Å²) in [4.78, 5) is 0. The smallest absolute Gasteiger partial charge is 0.0857 e. The Balaban J connectivity index is 2.12. The minimum absolute atomic E-state index is 0.127. The van der Waals surface area contributed by atoms with Gasteiger partial charge in [0.15, 0.2) is 0 Å². The first kappa shape index (κ1) is 12.3. The van der Waals surface area contributed by atoms with Crippen molar-refractivity contribution in [3.63, 3.8) is 0 Å². The van der Waals surface area contributed by atoms with Crippen molar-refractivity contribution in [2.75, 3.05) is 0 Å². The van der Waals surface area contributed by atoms with Crippen LogP contribution in [0.4, 0.5) is 0 Å². The van der Waals surface area contributed by atoms with Gasteiger partial charge in [-0.2, -0.15) is 0 Å². The highest BCUT2D eigenvalue weighted by Gasteiger charge is 2.52. The Morgan fingerprint density at radius 3 is 2.06 bits per heavy atom. The minimum Gasteiger partial charge on any atom is -0.390 e. The minimum atomic E-state index is -0.740. The van der Waals surface area contributed by atoms with Crippen molar-refractivity contribution in [1.29, 1.82) is 0 Å². The van der Waals surface area contributed by atoms with Crippen LogP contribution in [0.2, 0.25) is 0 Å². The van der Waals surface area contributed by atoms with E-state index in [1.807, 2.05) is 0 Å². The molecule has 16 heavy (non-hydrogen) atoms. The molecular weight excluding hydrogens is 204 g/mol. The van der Waals surface area contributed by atoms with Crippen LogP contribution in [0, 0.1) is 17.8 Å². The Hall–Kier alpha value is -0.120. The number of hydrogen-bond donors (Lipinski definition) is 3. The fraction of sp³-hybridized carbons (Fsp3) is 1.00. The van der Waals surface area contributed by atoms with E-state index in [1.54, 1.807) is 0 Å². The number of hydrogen-bond acceptors (Lipinski definition) is 3. The van der Waals surface area contributed by atoms with Gasteiger partial charge < -0.3 is 15.3 Å². The first-order valence-electron chi connectivity index (χ1n) is 6.54. The summed E-state index contributed by atoms with van der Waals surface area (Å²) in [5.41, 5.74) is -0.718. The zero-order valence-corrected chi connectivity index (χ0v) is 10.3. The van der Waals surface area contributed by atoms with Crippen LogP contribution in [0.1, 0.15) is 46.0 Å². The first-order valence-corrected chi connectivity index (χ1v) is 6.54. The van der Waals surface area contributed by atoms with Crippen LogP contribution in [0.25, 0.3) is 0 Å². The average Bonchev–Trinajstić information content (AvgIpc) is 2.75. The lowest BCUT2D eigenvalue weighted by molar-refractivity contribution is -0.0780. The molecular formula is C13H24O3. The summed E-state index contributed by atoms with van der Waals surface area (Å²) in [6.07, 6.45) is 3.02. The van der Waals surface area contributed by atoms with Crippen molar-refractivity contribution < 1.29 is 15.3 Å². The standard InChI is InChI=1S/C13H24O3/c1-8(2)9-7-10(12(15)11(9)14)13(16)5-3-4-6-13/h8-12,14-16H,3-7H2,1-2H3/t9-,10-,11-,12+/m0/s1. The Bertz CT molecular complexity index is 246. The van der Waals surface area contributed by atoms with Crippen molar-refractivity contribution in [2.24, 2.45) is 17.8 Å². The van der Waals surface area contributed by atoms with Gasteiger partial charge in [-0.25, -0.2) is 0 Å². The van der Waals surface area contributed by atoms with Gasteiger partial charge >= 0.3 is 0 Å². The Morgan fingerprint density at radius 2 is 1.62 bits per heavy atom. The molecule has 4 atom stereocenters. The van der Waals surface area contributed by atoms with E-state index < -0.39 is 17.8 Å². The van der Waals surface area contributed by atoms with E-state index in [-0.39, 0.29) is 11.8 Å². The number of aliphatic hydroxyl groups excluding tert-OH is 2. The molecule has 0 unspecified atom stereocenters. The molecule has 2 fully saturated rings. The predicted octanol–water partition coefficient (Wildman–Crippen LogP) is 1.31.